The number of piperazine rings is 1. The van der Waals surface area contributed by atoms with Gasteiger partial charge in [-0.25, -0.2) is 14.6 Å². The van der Waals surface area contributed by atoms with Gasteiger partial charge in [0.1, 0.15) is 12.1 Å². The fourth-order valence-electron chi connectivity index (χ4n) is 4.33. The van der Waals surface area contributed by atoms with E-state index < -0.39 is 0 Å². The molecule has 0 atom stereocenters. The van der Waals surface area contributed by atoms with Crippen molar-refractivity contribution < 1.29 is 0 Å². The van der Waals surface area contributed by atoms with Crippen LogP contribution < -0.4 is 10.5 Å². The van der Waals surface area contributed by atoms with Crippen molar-refractivity contribution in [1.82, 2.24) is 24.6 Å². The zero-order valence-electron chi connectivity index (χ0n) is 16.4. The van der Waals surface area contributed by atoms with E-state index in [9.17, 15) is 4.79 Å². The van der Waals surface area contributed by atoms with Crippen LogP contribution in [0.2, 0.25) is 0 Å². The molecule has 0 bridgehead atoms. The predicted molar refractivity (Wildman–Crippen MR) is 108 cm³/mol. The van der Waals surface area contributed by atoms with E-state index in [2.05, 4.69) is 30.9 Å². The van der Waals surface area contributed by atoms with Gasteiger partial charge in [-0.15, -0.1) is 0 Å². The topological polar surface area (TPSA) is 67.2 Å². The number of aromatic nitrogens is 4. The van der Waals surface area contributed by atoms with Gasteiger partial charge >= 0.3 is 0 Å². The van der Waals surface area contributed by atoms with E-state index in [4.69, 9.17) is 0 Å². The van der Waals surface area contributed by atoms with Crippen LogP contribution in [-0.4, -0.2) is 57.4 Å². The SMILES string of the molecule is O=c1cc2c(nn1CCN1CCN(c3cc(C4CC4)ncn3)CC1)CCCC2. The number of hydrogen-bond acceptors (Lipinski definition) is 6. The summed E-state index contributed by atoms with van der Waals surface area (Å²) in [4.78, 5) is 26.0. The van der Waals surface area contributed by atoms with Gasteiger partial charge < -0.3 is 4.90 Å². The molecule has 0 amide bonds. The molecule has 7 nitrogen and oxygen atoms in total. The number of aryl methyl sites for hydroxylation is 2. The Morgan fingerprint density at radius 2 is 1.79 bits per heavy atom. The van der Waals surface area contributed by atoms with E-state index in [0.29, 0.717) is 12.5 Å². The molecule has 7 heteroatoms. The van der Waals surface area contributed by atoms with Crippen molar-refractivity contribution in [3.63, 3.8) is 0 Å². The lowest BCUT2D eigenvalue weighted by molar-refractivity contribution is 0.241. The first-order valence-electron chi connectivity index (χ1n) is 10.7. The van der Waals surface area contributed by atoms with Gasteiger partial charge in [-0.05, 0) is 44.1 Å². The summed E-state index contributed by atoms with van der Waals surface area (Å²) in [6.45, 7) is 5.45. The Kier molecular flexibility index (Phi) is 4.84. The summed E-state index contributed by atoms with van der Waals surface area (Å²) in [5.74, 6) is 1.72. The largest absolute Gasteiger partial charge is 0.354 e. The fraction of sp³-hybridized carbons (Fsp3) is 0.619. The lowest BCUT2D eigenvalue weighted by Gasteiger charge is -2.35. The second kappa shape index (κ2) is 7.62. The van der Waals surface area contributed by atoms with Crippen LogP contribution in [0.15, 0.2) is 23.3 Å². The third-order valence-electron chi connectivity index (χ3n) is 6.27. The van der Waals surface area contributed by atoms with Crippen molar-refractivity contribution in [3.8, 4) is 0 Å². The van der Waals surface area contributed by atoms with Crippen LogP contribution >= 0.6 is 0 Å². The van der Waals surface area contributed by atoms with Gasteiger partial charge in [0.15, 0.2) is 0 Å². The Morgan fingerprint density at radius 3 is 2.61 bits per heavy atom. The minimum atomic E-state index is 0.0490. The summed E-state index contributed by atoms with van der Waals surface area (Å²) >= 11 is 0. The molecule has 0 spiro atoms. The van der Waals surface area contributed by atoms with Gasteiger partial charge in [-0.3, -0.25) is 9.69 Å². The van der Waals surface area contributed by atoms with E-state index >= 15 is 0 Å². The van der Waals surface area contributed by atoms with E-state index in [1.54, 1.807) is 11.0 Å². The van der Waals surface area contributed by atoms with Crippen molar-refractivity contribution in [1.29, 1.82) is 0 Å². The molecule has 1 saturated heterocycles. The second-order valence-electron chi connectivity index (χ2n) is 8.29. The standard InChI is InChI=1S/C21H28N6O/c28-21-13-17-3-1-2-4-18(17)24-27(21)12-9-25-7-10-26(11-8-25)20-14-19(16-5-6-16)22-15-23-20/h13-16H,1-12H2. The number of fused-ring (bicyclic) bond motifs is 1. The molecule has 0 radical (unpaired) electrons. The van der Waals surface area contributed by atoms with Crippen molar-refractivity contribution in [2.45, 2.75) is 51.0 Å². The minimum Gasteiger partial charge on any atom is -0.354 e. The van der Waals surface area contributed by atoms with E-state index in [0.717, 1.165) is 62.6 Å². The molecule has 148 valence electrons. The Hall–Kier alpha value is -2.28. The van der Waals surface area contributed by atoms with E-state index in [1.165, 1.54) is 31.4 Å². The summed E-state index contributed by atoms with van der Waals surface area (Å²) < 4.78 is 1.67. The molecule has 0 N–H and O–H groups in total. The molecule has 2 aromatic rings. The molecule has 2 aromatic heterocycles. The molecule has 3 aliphatic rings. The van der Waals surface area contributed by atoms with Crippen LogP contribution in [0.1, 0.15) is 48.6 Å². The first-order valence-corrected chi connectivity index (χ1v) is 10.7. The van der Waals surface area contributed by atoms with Crippen molar-refractivity contribution in [3.05, 3.63) is 45.8 Å². The van der Waals surface area contributed by atoms with E-state index in [1.807, 2.05) is 6.07 Å². The average Bonchev–Trinajstić information content (AvgIpc) is 3.58. The van der Waals surface area contributed by atoms with E-state index in [-0.39, 0.29) is 5.56 Å². The maximum absolute atomic E-state index is 12.4. The maximum atomic E-state index is 12.4. The molecule has 2 aliphatic carbocycles. The molecular weight excluding hydrogens is 352 g/mol. The molecular formula is C21H28N6O. The van der Waals surface area contributed by atoms with Crippen LogP contribution in [0.25, 0.3) is 0 Å². The van der Waals surface area contributed by atoms with Gasteiger partial charge in [0.05, 0.1) is 12.2 Å². The molecule has 28 heavy (non-hydrogen) atoms. The first kappa shape index (κ1) is 17.8. The Labute approximate surface area is 165 Å². The van der Waals surface area contributed by atoms with Crippen LogP contribution in [-0.2, 0) is 19.4 Å². The van der Waals surface area contributed by atoms with Crippen molar-refractivity contribution in [2.24, 2.45) is 0 Å². The smallest absolute Gasteiger partial charge is 0.267 e. The highest BCUT2D eigenvalue weighted by Crippen LogP contribution is 2.39. The fourth-order valence-corrected chi connectivity index (χ4v) is 4.33. The summed E-state index contributed by atoms with van der Waals surface area (Å²) in [6, 6.07) is 3.98. The molecule has 2 fully saturated rings. The van der Waals surface area contributed by atoms with Gasteiger partial charge in [-0.2, -0.15) is 5.10 Å². The van der Waals surface area contributed by atoms with Crippen LogP contribution in [0.3, 0.4) is 0 Å². The maximum Gasteiger partial charge on any atom is 0.267 e. The minimum absolute atomic E-state index is 0.0490. The van der Waals surface area contributed by atoms with Gasteiger partial charge in [0, 0.05) is 56.5 Å². The van der Waals surface area contributed by atoms with Crippen LogP contribution in [0.4, 0.5) is 5.82 Å². The van der Waals surface area contributed by atoms with Gasteiger partial charge in [0.2, 0.25) is 0 Å². The molecule has 3 heterocycles. The molecule has 0 unspecified atom stereocenters. The zero-order valence-corrected chi connectivity index (χ0v) is 16.4. The monoisotopic (exact) mass is 380 g/mol. The van der Waals surface area contributed by atoms with Crippen molar-refractivity contribution in [2.75, 3.05) is 37.6 Å². The summed E-state index contributed by atoms with van der Waals surface area (Å²) in [5, 5.41) is 4.64. The molecule has 0 aromatic carbocycles. The average molecular weight is 380 g/mol. The summed E-state index contributed by atoms with van der Waals surface area (Å²) in [5.41, 5.74) is 3.54. The third-order valence-corrected chi connectivity index (χ3v) is 6.27. The highest BCUT2D eigenvalue weighted by atomic mass is 16.1. The first-order chi connectivity index (χ1) is 13.8. The zero-order chi connectivity index (χ0) is 18.9. The van der Waals surface area contributed by atoms with Crippen molar-refractivity contribution >= 4 is 5.82 Å². The molecule has 1 aliphatic heterocycles. The lowest BCUT2D eigenvalue weighted by Crippen LogP contribution is -2.48. The Morgan fingerprint density at radius 1 is 0.964 bits per heavy atom. The Balaban J connectivity index is 1.17. The van der Waals surface area contributed by atoms with Gasteiger partial charge in [-0.1, -0.05) is 0 Å². The summed E-state index contributed by atoms with van der Waals surface area (Å²) in [6.07, 6.45) is 8.62. The van der Waals surface area contributed by atoms with Gasteiger partial charge in [0.25, 0.3) is 5.56 Å². The number of hydrogen-bond donors (Lipinski definition) is 0. The quantitative estimate of drug-likeness (QED) is 0.785. The van der Waals surface area contributed by atoms with Crippen LogP contribution in [0, 0.1) is 0 Å². The van der Waals surface area contributed by atoms with Crippen LogP contribution in [0.5, 0.6) is 0 Å². The summed E-state index contributed by atoms with van der Waals surface area (Å²) in [7, 11) is 0. The predicted octanol–water partition coefficient (Wildman–Crippen LogP) is 1.61. The lowest BCUT2D eigenvalue weighted by atomic mass is 9.97. The normalized spacial score (nSPS) is 20.2. The third kappa shape index (κ3) is 3.81. The number of anilines is 1. The Bertz CT molecular complexity index is 898. The highest BCUT2D eigenvalue weighted by Gasteiger charge is 2.26. The number of nitrogens with zero attached hydrogens (tertiary/aromatic N) is 6. The second-order valence-corrected chi connectivity index (χ2v) is 8.29. The molecule has 1 saturated carbocycles. The number of rotatable bonds is 5. The molecule has 5 rings (SSSR count). The highest BCUT2D eigenvalue weighted by molar-refractivity contribution is 5.41.